The summed E-state index contributed by atoms with van der Waals surface area (Å²) in [6, 6.07) is 2.01. The highest BCUT2D eigenvalue weighted by atomic mass is 16.1. The van der Waals surface area contributed by atoms with Crippen molar-refractivity contribution in [3.05, 3.63) is 18.0 Å². The van der Waals surface area contributed by atoms with Crippen LogP contribution in [0.5, 0.6) is 0 Å². The van der Waals surface area contributed by atoms with E-state index in [-0.39, 0.29) is 0 Å². The lowest BCUT2D eigenvalue weighted by Gasteiger charge is -2.13. The van der Waals surface area contributed by atoms with Gasteiger partial charge in [-0.25, -0.2) is 0 Å². The number of Topliss-reactive ketones (excluding diaryl/α,β-unsaturated/α-hetero) is 1. The lowest BCUT2D eigenvalue weighted by Crippen LogP contribution is -2.07. The SMILES string of the molecule is O=C1CCCCCCCCC(c2ccn[nH]2)C1. The molecule has 1 atom stereocenters. The second kappa shape index (κ2) is 6.58. The Kier molecular flexibility index (Phi) is 4.77. The summed E-state index contributed by atoms with van der Waals surface area (Å²) in [5, 5.41) is 7.03. The molecule has 1 heterocycles. The van der Waals surface area contributed by atoms with Crippen molar-refractivity contribution in [2.24, 2.45) is 0 Å². The Bertz CT molecular complexity index is 332. The third-order valence-electron chi connectivity index (χ3n) is 3.69. The molecule has 1 N–H and O–H groups in total. The molecule has 1 aromatic rings. The lowest BCUT2D eigenvalue weighted by atomic mass is 9.92. The molecule has 1 aromatic heterocycles. The monoisotopic (exact) mass is 234 g/mol. The smallest absolute Gasteiger partial charge is 0.133 e. The van der Waals surface area contributed by atoms with Gasteiger partial charge < -0.3 is 0 Å². The van der Waals surface area contributed by atoms with E-state index in [4.69, 9.17) is 0 Å². The fourth-order valence-corrected chi connectivity index (χ4v) is 2.66. The molecular weight excluding hydrogens is 212 g/mol. The van der Waals surface area contributed by atoms with Gasteiger partial charge in [-0.1, -0.05) is 32.1 Å². The molecule has 1 aliphatic carbocycles. The first-order valence-electron chi connectivity index (χ1n) is 6.87. The number of aromatic nitrogens is 2. The van der Waals surface area contributed by atoms with E-state index < -0.39 is 0 Å². The molecule has 0 radical (unpaired) electrons. The van der Waals surface area contributed by atoms with Gasteiger partial charge in [0.25, 0.3) is 0 Å². The van der Waals surface area contributed by atoms with E-state index >= 15 is 0 Å². The summed E-state index contributed by atoms with van der Waals surface area (Å²) in [6.45, 7) is 0. The first-order chi connectivity index (χ1) is 8.36. The predicted molar refractivity (Wildman–Crippen MR) is 67.9 cm³/mol. The minimum atomic E-state index is 0.364. The average Bonchev–Trinajstić information content (AvgIpc) is 2.82. The van der Waals surface area contributed by atoms with E-state index in [1.165, 1.54) is 32.1 Å². The van der Waals surface area contributed by atoms with Gasteiger partial charge in [0.15, 0.2) is 0 Å². The summed E-state index contributed by atoms with van der Waals surface area (Å²) in [4.78, 5) is 11.9. The Morgan fingerprint density at radius 3 is 2.65 bits per heavy atom. The largest absolute Gasteiger partial charge is 0.300 e. The number of hydrogen-bond acceptors (Lipinski definition) is 2. The third-order valence-corrected chi connectivity index (χ3v) is 3.69. The normalized spacial score (nSPS) is 24.2. The molecule has 1 unspecified atom stereocenters. The Labute approximate surface area is 103 Å². The quantitative estimate of drug-likeness (QED) is 0.807. The molecule has 2 rings (SSSR count). The van der Waals surface area contributed by atoms with Gasteiger partial charge in [0.2, 0.25) is 0 Å². The van der Waals surface area contributed by atoms with E-state index in [1.54, 1.807) is 6.20 Å². The van der Waals surface area contributed by atoms with Crippen LogP contribution in [0.2, 0.25) is 0 Å². The van der Waals surface area contributed by atoms with Crippen molar-refractivity contribution < 1.29 is 4.79 Å². The zero-order chi connectivity index (χ0) is 11.9. The number of hydrogen-bond donors (Lipinski definition) is 1. The van der Waals surface area contributed by atoms with Gasteiger partial charge in [0.1, 0.15) is 5.78 Å². The van der Waals surface area contributed by atoms with Gasteiger partial charge >= 0.3 is 0 Å². The van der Waals surface area contributed by atoms with Crippen LogP contribution >= 0.6 is 0 Å². The minimum absolute atomic E-state index is 0.364. The summed E-state index contributed by atoms with van der Waals surface area (Å²) >= 11 is 0. The van der Waals surface area contributed by atoms with Crippen LogP contribution in [0.15, 0.2) is 12.3 Å². The molecule has 0 amide bonds. The number of nitrogens with one attached hydrogen (secondary N) is 1. The number of carbonyl (C=O) groups excluding carboxylic acids is 1. The molecule has 1 saturated carbocycles. The maximum Gasteiger partial charge on any atom is 0.133 e. The Morgan fingerprint density at radius 2 is 1.88 bits per heavy atom. The van der Waals surface area contributed by atoms with Gasteiger partial charge in [-0.2, -0.15) is 5.10 Å². The number of rotatable bonds is 1. The van der Waals surface area contributed by atoms with Crippen molar-refractivity contribution in [1.82, 2.24) is 10.2 Å². The molecule has 17 heavy (non-hydrogen) atoms. The highest BCUT2D eigenvalue weighted by Crippen LogP contribution is 2.26. The van der Waals surface area contributed by atoms with Crippen LogP contribution in [0.4, 0.5) is 0 Å². The number of ketones is 1. The summed E-state index contributed by atoms with van der Waals surface area (Å²) < 4.78 is 0. The summed E-state index contributed by atoms with van der Waals surface area (Å²) in [6.07, 6.45) is 11.8. The number of carbonyl (C=O) groups is 1. The second-order valence-corrected chi connectivity index (χ2v) is 5.11. The molecule has 1 fully saturated rings. The van der Waals surface area contributed by atoms with E-state index in [0.29, 0.717) is 18.1 Å². The molecule has 0 saturated heterocycles. The fraction of sp³-hybridized carbons (Fsp3) is 0.714. The van der Waals surface area contributed by atoms with E-state index in [2.05, 4.69) is 10.2 Å². The third kappa shape index (κ3) is 3.99. The van der Waals surface area contributed by atoms with Gasteiger partial charge in [-0.3, -0.25) is 9.89 Å². The van der Waals surface area contributed by atoms with Crippen LogP contribution in [0, 0.1) is 0 Å². The van der Waals surface area contributed by atoms with Crippen molar-refractivity contribution in [2.75, 3.05) is 0 Å². The first kappa shape index (κ1) is 12.3. The molecule has 0 aromatic carbocycles. The summed E-state index contributed by atoms with van der Waals surface area (Å²) in [7, 11) is 0. The highest BCUT2D eigenvalue weighted by Gasteiger charge is 2.17. The van der Waals surface area contributed by atoms with E-state index in [9.17, 15) is 4.79 Å². The van der Waals surface area contributed by atoms with Gasteiger partial charge in [-0.15, -0.1) is 0 Å². The van der Waals surface area contributed by atoms with Crippen molar-refractivity contribution in [1.29, 1.82) is 0 Å². The fourth-order valence-electron chi connectivity index (χ4n) is 2.66. The van der Waals surface area contributed by atoms with Crippen LogP contribution in [0.3, 0.4) is 0 Å². The predicted octanol–water partition coefficient (Wildman–Crippen LogP) is 3.59. The van der Waals surface area contributed by atoms with E-state index in [0.717, 1.165) is 25.0 Å². The number of aromatic amines is 1. The van der Waals surface area contributed by atoms with Crippen LogP contribution in [-0.2, 0) is 4.79 Å². The second-order valence-electron chi connectivity index (χ2n) is 5.11. The number of H-pyrrole nitrogens is 1. The molecular formula is C14H22N2O. The maximum atomic E-state index is 11.9. The van der Waals surface area contributed by atoms with Gasteiger partial charge in [-0.05, 0) is 18.9 Å². The van der Waals surface area contributed by atoms with Gasteiger partial charge in [0.05, 0.1) is 0 Å². The Morgan fingerprint density at radius 1 is 1.12 bits per heavy atom. The summed E-state index contributed by atoms with van der Waals surface area (Å²) in [5.41, 5.74) is 1.14. The molecule has 3 nitrogen and oxygen atoms in total. The zero-order valence-electron chi connectivity index (χ0n) is 10.5. The summed E-state index contributed by atoms with van der Waals surface area (Å²) in [5.74, 6) is 0.787. The van der Waals surface area contributed by atoms with Gasteiger partial charge in [0, 0.05) is 30.7 Å². The molecule has 0 spiro atoms. The van der Waals surface area contributed by atoms with Crippen LogP contribution in [0.1, 0.15) is 69.4 Å². The average molecular weight is 234 g/mol. The van der Waals surface area contributed by atoms with Crippen LogP contribution in [0.25, 0.3) is 0 Å². The van der Waals surface area contributed by atoms with Crippen molar-refractivity contribution >= 4 is 5.78 Å². The van der Waals surface area contributed by atoms with Crippen LogP contribution < -0.4 is 0 Å². The van der Waals surface area contributed by atoms with Crippen molar-refractivity contribution in [3.63, 3.8) is 0 Å². The molecule has 94 valence electrons. The van der Waals surface area contributed by atoms with Crippen molar-refractivity contribution in [2.45, 2.75) is 63.7 Å². The molecule has 1 aliphatic rings. The topological polar surface area (TPSA) is 45.8 Å². The first-order valence-corrected chi connectivity index (χ1v) is 6.87. The molecule has 0 aliphatic heterocycles. The Balaban J connectivity index is 1.98. The van der Waals surface area contributed by atoms with Crippen LogP contribution in [-0.4, -0.2) is 16.0 Å². The molecule has 3 heteroatoms. The zero-order valence-corrected chi connectivity index (χ0v) is 10.5. The number of nitrogens with zero attached hydrogens (tertiary/aromatic N) is 1. The molecule has 0 bridgehead atoms. The van der Waals surface area contributed by atoms with E-state index in [1.807, 2.05) is 6.07 Å². The standard InChI is InChI=1S/C14H22N2O/c17-13-8-6-4-2-1-3-5-7-12(11-13)14-9-10-15-16-14/h9-10,12H,1-8,11H2,(H,15,16). The van der Waals surface area contributed by atoms with Crippen molar-refractivity contribution in [3.8, 4) is 0 Å². The Hall–Kier alpha value is -1.12. The minimum Gasteiger partial charge on any atom is -0.300 e. The lowest BCUT2D eigenvalue weighted by molar-refractivity contribution is -0.119. The maximum absolute atomic E-state index is 11.9. The highest BCUT2D eigenvalue weighted by molar-refractivity contribution is 5.79.